The molecule has 0 aliphatic carbocycles. The number of hydrogen-bond acceptors (Lipinski definition) is 2. The molecular weight excluding hydrogens is 282 g/mol. The molecule has 2 unspecified atom stereocenters. The van der Waals surface area contributed by atoms with Crippen LogP contribution in [0.4, 0.5) is 0 Å². The minimum absolute atomic E-state index is 0.161. The summed E-state index contributed by atoms with van der Waals surface area (Å²) in [4.78, 5) is 0. The van der Waals surface area contributed by atoms with E-state index in [1.165, 1.54) is 5.56 Å². The van der Waals surface area contributed by atoms with Crippen LogP contribution in [0.5, 0.6) is 5.75 Å². The Labute approximate surface area is 131 Å². The maximum absolute atomic E-state index is 9.99. The lowest BCUT2D eigenvalue weighted by atomic mass is 10.0. The van der Waals surface area contributed by atoms with Crippen LogP contribution in [0.3, 0.4) is 0 Å². The van der Waals surface area contributed by atoms with Gasteiger partial charge in [0.15, 0.2) is 0 Å². The first kappa shape index (κ1) is 15.9. The molecule has 0 fully saturated rings. The molecule has 2 rings (SSSR count). The molecule has 0 amide bonds. The SMILES string of the molecule is CCC(NC(C)Cc1ccc(Cl)cc1)c1ccccc1O. The number of para-hydroxylation sites is 1. The van der Waals surface area contributed by atoms with Crippen molar-refractivity contribution in [1.29, 1.82) is 0 Å². The second kappa shape index (κ2) is 7.48. The van der Waals surface area contributed by atoms with Crippen molar-refractivity contribution in [3.63, 3.8) is 0 Å². The van der Waals surface area contributed by atoms with Gasteiger partial charge in [-0.2, -0.15) is 0 Å². The van der Waals surface area contributed by atoms with Crippen molar-refractivity contribution >= 4 is 11.6 Å². The van der Waals surface area contributed by atoms with Crippen LogP contribution in [0, 0.1) is 0 Å². The molecule has 2 aromatic rings. The Morgan fingerprint density at radius 2 is 1.76 bits per heavy atom. The zero-order valence-corrected chi connectivity index (χ0v) is 13.3. The van der Waals surface area contributed by atoms with Gasteiger partial charge >= 0.3 is 0 Å². The lowest BCUT2D eigenvalue weighted by Crippen LogP contribution is -2.32. The van der Waals surface area contributed by atoms with E-state index in [4.69, 9.17) is 11.6 Å². The van der Waals surface area contributed by atoms with Crippen LogP contribution in [0.15, 0.2) is 48.5 Å². The first-order valence-electron chi connectivity index (χ1n) is 7.38. The zero-order chi connectivity index (χ0) is 15.2. The summed E-state index contributed by atoms with van der Waals surface area (Å²) in [6, 6.07) is 16.0. The minimum atomic E-state index is 0.161. The Bertz CT molecular complexity index is 568. The van der Waals surface area contributed by atoms with Gasteiger partial charge < -0.3 is 10.4 Å². The molecule has 0 heterocycles. The quantitative estimate of drug-likeness (QED) is 0.809. The number of phenols is 1. The minimum Gasteiger partial charge on any atom is -0.508 e. The van der Waals surface area contributed by atoms with E-state index in [0.717, 1.165) is 23.4 Å². The molecular formula is C18H22ClNO. The van der Waals surface area contributed by atoms with E-state index in [1.807, 2.05) is 30.3 Å². The van der Waals surface area contributed by atoms with Gasteiger partial charge in [-0.3, -0.25) is 0 Å². The Balaban J connectivity index is 2.01. The fourth-order valence-corrected chi connectivity index (χ4v) is 2.71. The molecule has 2 atom stereocenters. The topological polar surface area (TPSA) is 32.3 Å². The van der Waals surface area contributed by atoms with E-state index < -0.39 is 0 Å². The van der Waals surface area contributed by atoms with Crippen LogP contribution in [-0.4, -0.2) is 11.1 Å². The highest BCUT2D eigenvalue weighted by atomic mass is 35.5. The average molecular weight is 304 g/mol. The van der Waals surface area contributed by atoms with E-state index >= 15 is 0 Å². The monoisotopic (exact) mass is 303 g/mol. The smallest absolute Gasteiger partial charge is 0.120 e. The van der Waals surface area contributed by atoms with Crippen LogP contribution < -0.4 is 5.32 Å². The van der Waals surface area contributed by atoms with Gasteiger partial charge in [0.25, 0.3) is 0 Å². The van der Waals surface area contributed by atoms with Crippen molar-refractivity contribution in [2.75, 3.05) is 0 Å². The molecule has 0 saturated heterocycles. The van der Waals surface area contributed by atoms with Crippen molar-refractivity contribution in [3.05, 3.63) is 64.7 Å². The first-order valence-corrected chi connectivity index (χ1v) is 7.76. The van der Waals surface area contributed by atoms with Crippen molar-refractivity contribution < 1.29 is 5.11 Å². The predicted octanol–water partition coefficient (Wildman–Crippen LogP) is 4.72. The van der Waals surface area contributed by atoms with Crippen molar-refractivity contribution in [1.82, 2.24) is 5.32 Å². The average Bonchev–Trinajstić information content (AvgIpc) is 2.48. The highest BCUT2D eigenvalue weighted by Gasteiger charge is 2.15. The number of hydrogen-bond donors (Lipinski definition) is 2. The fraction of sp³-hybridized carbons (Fsp3) is 0.333. The van der Waals surface area contributed by atoms with Crippen LogP contribution >= 0.6 is 11.6 Å². The summed E-state index contributed by atoms with van der Waals surface area (Å²) >= 11 is 5.91. The van der Waals surface area contributed by atoms with Gasteiger partial charge in [-0.25, -0.2) is 0 Å². The molecule has 0 saturated carbocycles. The Morgan fingerprint density at radius 3 is 2.38 bits per heavy atom. The Morgan fingerprint density at radius 1 is 1.10 bits per heavy atom. The zero-order valence-electron chi connectivity index (χ0n) is 12.5. The summed E-state index contributed by atoms with van der Waals surface area (Å²) < 4.78 is 0. The number of phenolic OH excluding ortho intramolecular Hbond substituents is 1. The van der Waals surface area contributed by atoms with Crippen LogP contribution in [0.2, 0.25) is 5.02 Å². The van der Waals surface area contributed by atoms with E-state index in [1.54, 1.807) is 6.07 Å². The largest absolute Gasteiger partial charge is 0.508 e. The molecule has 2 aromatic carbocycles. The highest BCUT2D eigenvalue weighted by Crippen LogP contribution is 2.26. The third kappa shape index (κ3) is 4.48. The number of benzene rings is 2. The Kier molecular flexibility index (Phi) is 5.66. The second-order valence-corrected chi connectivity index (χ2v) is 5.85. The molecule has 0 spiro atoms. The van der Waals surface area contributed by atoms with Crippen molar-refractivity contribution in [2.24, 2.45) is 0 Å². The summed E-state index contributed by atoms with van der Waals surface area (Å²) in [5.41, 5.74) is 2.22. The molecule has 0 radical (unpaired) electrons. The summed E-state index contributed by atoms with van der Waals surface area (Å²) in [6.45, 7) is 4.29. The summed E-state index contributed by atoms with van der Waals surface area (Å²) in [5.74, 6) is 0.357. The van der Waals surface area contributed by atoms with Crippen molar-refractivity contribution in [2.45, 2.75) is 38.8 Å². The highest BCUT2D eigenvalue weighted by molar-refractivity contribution is 6.30. The summed E-state index contributed by atoms with van der Waals surface area (Å²) in [7, 11) is 0. The molecule has 112 valence electrons. The number of halogens is 1. The standard InChI is InChI=1S/C18H22ClNO/c1-3-17(16-6-4-5-7-18(16)21)20-13(2)12-14-8-10-15(19)11-9-14/h4-11,13,17,20-21H,3,12H2,1-2H3. The summed E-state index contributed by atoms with van der Waals surface area (Å²) in [5, 5.41) is 14.3. The normalized spacial score (nSPS) is 13.9. The number of rotatable bonds is 6. The number of nitrogens with one attached hydrogen (secondary N) is 1. The lowest BCUT2D eigenvalue weighted by molar-refractivity contribution is 0.413. The number of aromatic hydroxyl groups is 1. The fourth-order valence-electron chi connectivity index (χ4n) is 2.59. The molecule has 0 aromatic heterocycles. The van der Waals surface area contributed by atoms with Gasteiger partial charge in [0.2, 0.25) is 0 Å². The summed E-state index contributed by atoms with van der Waals surface area (Å²) in [6.07, 6.45) is 1.86. The van der Waals surface area contributed by atoms with Crippen LogP contribution in [0.1, 0.15) is 37.4 Å². The van der Waals surface area contributed by atoms with Gasteiger partial charge in [-0.05, 0) is 43.5 Å². The van der Waals surface area contributed by atoms with Gasteiger partial charge in [0.1, 0.15) is 5.75 Å². The van der Waals surface area contributed by atoms with Crippen LogP contribution in [0.25, 0.3) is 0 Å². The van der Waals surface area contributed by atoms with Gasteiger partial charge in [-0.15, -0.1) is 0 Å². The van der Waals surface area contributed by atoms with Gasteiger partial charge in [0, 0.05) is 22.7 Å². The molecule has 2 nitrogen and oxygen atoms in total. The first-order chi connectivity index (χ1) is 10.1. The third-order valence-corrected chi connectivity index (χ3v) is 3.91. The maximum atomic E-state index is 9.99. The van der Waals surface area contributed by atoms with Crippen LogP contribution in [-0.2, 0) is 6.42 Å². The molecule has 3 heteroatoms. The van der Waals surface area contributed by atoms with E-state index in [9.17, 15) is 5.11 Å². The van der Waals surface area contributed by atoms with E-state index in [0.29, 0.717) is 11.8 Å². The molecule has 0 aliphatic rings. The molecule has 21 heavy (non-hydrogen) atoms. The van der Waals surface area contributed by atoms with Gasteiger partial charge in [-0.1, -0.05) is 48.9 Å². The van der Waals surface area contributed by atoms with E-state index in [-0.39, 0.29) is 6.04 Å². The van der Waals surface area contributed by atoms with E-state index in [2.05, 4.69) is 31.3 Å². The molecule has 2 N–H and O–H groups in total. The Hall–Kier alpha value is -1.51. The predicted molar refractivity (Wildman–Crippen MR) is 88.9 cm³/mol. The lowest BCUT2D eigenvalue weighted by Gasteiger charge is -2.23. The second-order valence-electron chi connectivity index (χ2n) is 5.42. The maximum Gasteiger partial charge on any atom is 0.120 e. The molecule has 0 aliphatic heterocycles. The van der Waals surface area contributed by atoms with Crippen molar-refractivity contribution in [3.8, 4) is 5.75 Å². The third-order valence-electron chi connectivity index (χ3n) is 3.66. The van der Waals surface area contributed by atoms with Gasteiger partial charge in [0.05, 0.1) is 0 Å². The molecule has 0 bridgehead atoms.